The van der Waals surface area contributed by atoms with Gasteiger partial charge in [-0.2, -0.15) is 0 Å². The summed E-state index contributed by atoms with van der Waals surface area (Å²) in [5.74, 6) is 0.717. The van der Waals surface area contributed by atoms with Crippen LogP contribution in [0.25, 0.3) is 0 Å². The molecule has 2 aromatic rings. The minimum atomic E-state index is -0.247. The molecule has 3 aliphatic rings. The zero-order chi connectivity index (χ0) is 18.4. The Bertz CT molecular complexity index is 877. The van der Waals surface area contributed by atoms with Gasteiger partial charge in [-0.1, -0.05) is 12.1 Å². The number of likely N-dealkylation sites (tertiary alicyclic amines) is 2. The Labute approximate surface area is 156 Å². The molecule has 1 aromatic heterocycles. The first-order chi connectivity index (χ1) is 13.2. The number of carbonyl (C=O) groups is 2. The van der Waals surface area contributed by atoms with Crippen molar-refractivity contribution in [3.63, 3.8) is 0 Å². The summed E-state index contributed by atoms with van der Waals surface area (Å²) in [6.07, 6.45) is 3.56. The molecule has 138 valence electrons. The van der Waals surface area contributed by atoms with E-state index in [9.17, 15) is 9.59 Å². The Morgan fingerprint density at radius 3 is 2.48 bits per heavy atom. The number of aromatic nitrogens is 1. The maximum atomic E-state index is 12.8. The summed E-state index contributed by atoms with van der Waals surface area (Å²) >= 11 is 0. The molecule has 4 heterocycles. The molecule has 7 heteroatoms. The van der Waals surface area contributed by atoms with Crippen molar-refractivity contribution in [2.75, 3.05) is 19.9 Å². The highest BCUT2D eigenvalue weighted by atomic mass is 16.7. The first-order valence-electron chi connectivity index (χ1n) is 9.04. The van der Waals surface area contributed by atoms with Crippen molar-refractivity contribution in [1.82, 2.24) is 14.8 Å². The number of pyridine rings is 1. The molecule has 3 aliphatic heterocycles. The number of fused-ring (bicyclic) bond motifs is 2. The van der Waals surface area contributed by atoms with Crippen LogP contribution in [0.2, 0.25) is 0 Å². The fourth-order valence-electron chi connectivity index (χ4n) is 4.15. The van der Waals surface area contributed by atoms with Crippen molar-refractivity contribution in [3.8, 4) is 11.5 Å². The number of amides is 2. The first kappa shape index (κ1) is 16.3. The van der Waals surface area contributed by atoms with Crippen molar-refractivity contribution < 1.29 is 19.1 Å². The van der Waals surface area contributed by atoms with Crippen molar-refractivity contribution in [1.29, 1.82) is 0 Å². The Morgan fingerprint density at radius 2 is 1.74 bits per heavy atom. The molecule has 1 aromatic carbocycles. The monoisotopic (exact) mass is 365 g/mol. The van der Waals surface area contributed by atoms with Gasteiger partial charge in [-0.05, 0) is 29.3 Å². The SMILES string of the molecule is O=C1[C@H]2CN(Cc3cccnc3)C[C@H]2C(=O)N1Cc1ccc2c(c1)OCO2. The quantitative estimate of drug-likeness (QED) is 0.764. The Hall–Kier alpha value is -2.93. The molecule has 2 saturated heterocycles. The summed E-state index contributed by atoms with van der Waals surface area (Å²) in [6, 6.07) is 9.44. The maximum Gasteiger partial charge on any atom is 0.234 e. The van der Waals surface area contributed by atoms with E-state index in [2.05, 4.69) is 9.88 Å². The molecule has 0 spiro atoms. The molecule has 27 heavy (non-hydrogen) atoms. The Balaban J connectivity index is 1.27. The second-order valence-electron chi connectivity index (χ2n) is 7.22. The van der Waals surface area contributed by atoms with Crippen molar-refractivity contribution >= 4 is 11.8 Å². The molecule has 0 bridgehead atoms. The van der Waals surface area contributed by atoms with Gasteiger partial charge in [0.2, 0.25) is 18.6 Å². The van der Waals surface area contributed by atoms with E-state index in [1.54, 1.807) is 6.20 Å². The van der Waals surface area contributed by atoms with Gasteiger partial charge >= 0.3 is 0 Å². The van der Waals surface area contributed by atoms with Gasteiger partial charge in [0.1, 0.15) is 0 Å². The average molecular weight is 365 g/mol. The largest absolute Gasteiger partial charge is 0.454 e. The van der Waals surface area contributed by atoms with Gasteiger partial charge in [0.25, 0.3) is 0 Å². The minimum Gasteiger partial charge on any atom is -0.454 e. The van der Waals surface area contributed by atoms with Crippen LogP contribution in [0.4, 0.5) is 0 Å². The van der Waals surface area contributed by atoms with Gasteiger partial charge in [-0.3, -0.25) is 24.4 Å². The van der Waals surface area contributed by atoms with Gasteiger partial charge in [0, 0.05) is 32.0 Å². The molecule has 0 radical (unpaired) electrons. The number of hydrogen-bond donors (Lipinski definition) is 0. The van der Waals surface area contributed by atoms with E-state index < -0.39 is 0 Å². The number of nitrogens with zero attached hydrogens (tertiary/aromatic N) is 3. The summed E-state index contributed by atoms with van der Waals surface area (Å²) < 4.78 is 10.7. The van der Waals surface area contributed by atoms with E-state index in [0.717, 1.165) is 11.1 Å². The van der Waals surface area contributed by atoms with Crippen molar-refractivity contribution in [3.05, 3.63) is 53.9 Å². The predicted octanol–water partition coefficient (Wildman–Crippen LogP) is 1.43. The lowest BCUT2D eigenvalue weighted by Gasteiger charge is -2.20. The first-order valence-corrected chi connectivity index (χ1v) is 9.04. The van der Waals surface area contributed by atoms with Crippen LogP contribution in [-0.2, 0) is 22.7 Å². The molecule has 0 unspecified atom stereocenters. The molecule has 0 N–H and O–H groups in total. The highest BCUT2D eigenvalue weighted by Gasteiger charge is 2.52. The molecule has 2 amide bonds. The van der Waals surface area contributed by atoms with Gasteiger partial charge in [-0.15, -0.1) is 0 Å². The lowest BCUT2D eigenvalue weighted by Crippen LogP contribution is -2.35. The second-order valence-corrected chi connectivity index (χ2v) is 7.22. The van der Waals surface area contributed by atoms with Gasteiger partial charge < -0.3 is 9.47 Å². The standard InChI is InChI=1S/C20H19N3O4/c24-19-15-10-22(8-14-2-1-5-21-7-14)11-16(15)20(25)23(19)9-13-3-4-17-18(6-13)27-12-26-17/h1-7,15-16H,8-12H2/t15-,16+. The fourth-order valence-corrected chi connectivity index (χ4v) is 4.15. The third-order valence-corrected chi connectivity index (χ3v) is 5.47. The molecule has 2 fully saturated rings. The predicted molar refractivity (Wildman–Crippen MR) is 94.6 cm³/mol. The number of benzene rings is 1. The molecule has 0 saturated carbocycles. The van der Waals surface area contributed by atoms with E-state index in [1.165, 1.54) is 4.90 Å². The van der Waals surface area contributed by atoms with Gasteiger partial charge in [0.05, 0.1) is 18.4 Å². The average Bonchev–Trinajstić information content (AvgIpc) is 3.36. The number of hydrogen-bond acceptors (Lipinski definition) is 6. The van der Waals surface area contributed by atoms with Crippen LogP contribution in [0, 0.1) is 11.8 Å². The van der Waals surface area contributed by atoms with Crippen LogP contribution in [0.3, 0.4) is 0 Å². The van der Waals surface area contributed by atoms with E-state index in [0.29, 0.717) is 31.1 Å². The van der Waals surface area contributed by atoms with E-state index >= 15 is 0 Å². The van der Waals surface area contributed by atoms with Crippen LogP contribution in [0.1, 0.15) is 11.1 Å². The summed E-state index contributed by atoms with van der Waals surface area (Å²) in [4.78, 5) is 33.4. The number of carbonyl (C=O) groups excluding carboxylic acids is 2. The van der Waals surface area contributed by atoms with Gasteiger partial charge in [0.15, 0.2) is 11.5 Å². The van der Waals surface area contributed by atoms with E-state index in [1.807, 2.05) is 36.5 Å². The highest BCUT2D eigenvalue weighted by molar-refractivity contribution is 6.05. The molecule has 5 rings (SSSR count). The number of rotatable bonds is 4. The summed E-state index contributed by atoms with van der Waals surface area (Å²) in [7, 11) is 0. The zero-order valence-corrected chi connectivity index (χ0v) is 14.7. The highest BCUT2D eigenvalue weighted by Crippen LogP contribution is 2.37. The van der Waals surface area contributed by atoms with E-state index in [4.69, 9.17) is 9.47 Å². The molecule has 7 nitrogen and oxygen atoms in total. The van der Waals surface area contributed by atoms with Crippen LogP contribution in [0.15, 0.2) is 42.7 Å². The third kappa shape index (κ3) is 2.84. The normalized spacial score (nSPS) is 23.9. The van der Waals surface area contributed by atoms with Crippen LogP contribution < -0.4 is 9.47 Å². The topological polar surface area (TPSA) is 72.0 Å². The van der Waals surface area contributed by atoms with Gasteiger partial charge in [-0.25, -0.2) is 0 Å². The minimum absolute atomic E-state index is 0.0728. The van der Waals surface area contributed by atoms with Crippen LogP contribution in [0.5, 0.6) is 11.5 Å². The second kappa shape index (κ2) is 6.35. The number of imide groups is 1. The van der Waals surface area contributed by atoms with Crippen LogP contribution >= 0.6 is 0 Å². The lowest BCUT2D eigenvalue weighted by atomic mass is 10.00. The third-order valence-electron chi connectivity index (χ3n) is 5.47. The molecular weight excluding hydrogens is 346 g/mol. The summed E-state index contributed by atoms with van der Waals surface area (Å²) in [5.41, 5.74) is 1.96. The smallest absolute Gasteiger partial charge is 0.234 e. The molecule has 2 atom stereocenters. The van der Waals surface area contributed by atoms with Crippen molar-refractivity contribution in [2.24, 2.45) is 11.8 Å². The summed E-state index contributed by atoms with van der Waals surface area (Å²) in [6.45, 7) is 2.42. The van der Waals surface area contributed by atoms with E-state index in [-0.39, 0.29) is 37.0 Å². The fraction of sp³-hybridized carbons (Fsp3) is 0.350. The molecular formula is C20H19N3O4. The Kier molecular flexibility index (Phi) is 3.82. The maximum absolute atomic E-state index is 12.8. The number of ether oxygens (including phenoxy) is 2. The van der Waals surface area contributed by atoms with Crippen molar-refractivity contribution in [2.45, 2.75) is 13.1 Å². The molecule has 0 aliphatic carbocycles. The zero-order valence-electron chi connectivity index (χ0n) is 14.7. The van der Waals surface area contributed by atoms with Crippen LogP contribution in [-0.4, -0.2) is 46.5 Å². The Morgan fingerprint density at radius 1 is 0.963 bits per heavy atom. The lowest BCUT2D eigenvalue weighted by molar-refractivity contribution is -0.141. The summed E-state index contributed by atoms with van der Waals surface area (Å²) in [5, 5.41) is 0.